The topological polar surface area (TPSA) is 92.9 Å². The quantitative estimate of drug-likeness (QED) is 0.268. The molecule has 37 heavy (non-hydrogen) atoms. The molecule has 4 aromatic rings. The third kappa shape index (κ3) is 6.53. The van der Waals surface area contributed by atoms with Crippen molar-refractivity contribution >= 4 is 23.6 Å². The average molecular weight is 525 g/mol. The van der Waals surface area contributed by atoms with Gasteiger partial charge in [-0.15, -0.1) is 11.8 Å². The Morgan fingerprint density at radius 1 is 1.05 bits per heavy atom. The van der Waals surface area contributed by atoms with Crippen molar-refractivity contribution in [2.75, 3.05) is 12.8 Å². The number of thioether (sulfide) groups is 1. The Labute approximate surface area is 215 Å². The molecule has 0 saturated carbocycles. The van der Waals surface area contributed by atoms with Crippen molar-refractivity contribution in [3.8, 4) is 16.9 Å². The summed E-state index contributed by atoms with van der Waals surface area (Å²) in [5, 5.41) is 13.0. The molecule has 10 heteroatoms. The number of carboxylic acid groups (broad SMARTS) is 1. The molecular weight excluding hydrogens is 502 g/mol. The van der Waals surface area contributed by atoms with E-state index in [1.54, 1.807) is 60.9 Å². The van der Waals surface area contributed by atoms with Crippen LogP contribution < -0.4 is 4.74 Å². The second-order valence-corrected chi connectivity index (χ2v) is 8.87. The Morgan fingerprint density at radius 2 is 1.81 bits per heavy atom. The van der Waals surface area contributed by atoms with Crippen molar-refractivity contribution in [1.82, 2.24) is 10.1 Å². The van der Waals surface area contributed by atoms with Gasteiger partial charge in [0.1, 0.15) is 30.9 Å². The first-order chi connectivity index (χ1) is 17.8. The van der Waals surface area contributed by atoms with Crippen molar-refractivity contribution < 1.29 is 32.7 Å². The summed E-state index contributed by atoms with van der Waals surface area (Å²) in [6, 6.07) is 17.6. The predicted molar refractivity (Wildman–Crippen MR) is 133 cm³/mol. The molecule has 3 aromatic carbocycles. The van der Waals surface area contributed by atoms with Crippen LogP contribution in [0, 0.1) is 11.6 Å². The van der Waals surface area contributed by atoms with Crippen LogP contribution in [0.25, 0.3) is 11.1 Å². The summed E-state index contributed by atoms with van der Waals surface area (Å²) in [4.78, 5) is 26.1. The van der Waals surface area contributed by atoms with E-state index in [0.29, 0.717) is 38.6 Å². The molecule has 190 valence electrons. The first kappa shape index (κ1) is 25.9. The zero-order valence-corrected chi connectivity index (χ0v) is 20.5. The van der Waals surface area contributed by atoms with Crippen LogP contribution >= 0.6 is 11.8 Å². The number of rotatable bonds is 10. The highest BCUT2D eigenvalue weighted by atomic mass is 32.2. The molecule has 0 fully saturated rings. The summed E-state index contributed by atoms with van der Waals surface area (Å²) in [7, 11) is 0. The van der Waals surface area contributed by atoms with Gasteiger partial charge in [-0.2, -0.15) is 0 Å². The van der Waals surface area contributed by atoms with E-state index in [1.807, 2.05) is 0 Å². The largest absolute Gasteiger partial charge is 0.489 e. The molecule has 0 unspecified atom stereocenters. The minimum Gasteiger partial charge on any atom is -0.489 e. The van der Waals surface area contributed by atoms with Crippen LogP contribution in [-0.2, 0) is 17.9 Å². The molecular formula is C27H22F2N2O5S. The fourth-order valence-corrected chi connectivity index (χ4v) is 4.29. The van der Waals surface area contributed by atoms with Crippen LogP contribution in [0.5, 0.6) is 5.75 Å². The molecule has 0 saturated heterocycles. The number of hydrogen-bond acceptors (Lipinski definition) is 6. The molecule has 4 rings (SSSR count). The van der Waals surface area contributed by atoms with E-state index in [0.717, 1.165) is 0 Å². The molecule has 1 aromatic heterocycles. The zero-order chi connectivity index (χ0) is 26.4. The van der Waals surface area contributed by atoms with Gasteiger partial charge in [0.05, 0.1) is 6.54 Å². The lowest BCUT2D eigenvalue weighted by atomic mass is 10.1. The molecule has 0 aliphatic rings. The fourth-order valence-electron chi connectivity index (χ4n) is 3.67. The molecule has 0 spiro atoms. The number of hydrogen-bond donors (Lipinski definition) is 1. The lowest BCUT2D eigenvalue weighted by molar-refractivity contribution is -0.137. The third-order valence-electron chi connectivity index (χ3n) is 5.44. The summed E-state index contributed by atoms with van der Waals surface area (Å²) in [6.45, 7) is -0.343. The van der Waals surface area contributed by atoms with Gasteiger partial charge < -0.3 is 19.3 Å². The summed E-state index contributed by atoms with van der Waals surface area (Å²) >= 11 is 1.32. The SMILES string of the molecule is CSc1cc(F)c(F)cc1-c1ccc(OCc2cccc(C(=O)N(CC(=O)O)Cc3ccon3)c2)cc1. The number of benzene rings is 3. The normalized spacial score (nSPS) is 10.8. The number of amides is 1. The van der Waals surface area contributed by atoms with Crippen LogP contribution in [0.1, 0.15) is 21.6 Å². The van der Waals surface area contributed by atoms with Gasteiger partial charge in [0.25, 0.3) is 5.91 Å². The van der Waals surface area contributed by atoms with Gasteiger partial charge in [0.15, 0.2) is 11.6 Å². The van der Waals surface area contributed by atoms with Gasteiger partial charge in [-0.25, -0.2) is 8.78 Å². The van der Waals surface area contributed by atoms with Crippen molar-refractivity contribution in [2.45, 2.75) is 18.0 Å². The van der Waals surface area contributed by atoms with Gasteiger partial charge >= 0.3 is 5.97 Å². The van der Waals surface area contributed by atoms with Gasteiger partial charge in [-0.05, 0) is 59.3 Å². The molecule has 1 amide bonds. The Balaban J connectivity index is 1.45. The summed E-state index contributed by atoms with van der Waals surface area (Å²) in [6.07, 6.45) is 3.14. The number of halogens is 2. The van der Waals surface area contributed by atoms with Crippen molar-refractivity contribution in [2.24, 2.45) is 0 Å². The monoisotopic (exact) mass is 524 g/mol. The van der Waals surface area contributed by atoms with Gasteiger partial charge in [0, 0.05) is 16.5 Å². The number of ether oxygens (including phenoxy) is 1. The van der Waals surface area contributed by atoms with E-state index in [4.69, 9.17) is 9.26 Å². The molecule has 7 nitrogen and oxygen atoms in total. The Morgan fingerprint density at radius 3 is 2.49 bits per heavy atom. The van der Waals surface area contributed by atoms with Gasteiger partial charge in [0.2, 0.25) is 0 Å². The second-order valence-electron chi connectivity index (χ2n) is 8.03. The number of nitrogens with zero attached hydrogens (tertiary/aromatic N) is 2. The Bertz CT molecular complexity index is 1390. The van der Waals surface area contributed by atoms with Gasteiger partial charge in [-0.1, -0.05) is 29.4 Å². The number of carbonyl (C=O) groups is 2. The van der Waals surface area contributed by atoms with Gasteiger partial charge in [-0.3, -0.25) is 9.59 Å². The smallest absolute Gasteiger partial charge is 0.323 e. The fraction of sp³-hybridized carbons (Fsp3) is 0.148. The summed E-state index contributed by atoms with van der Waals surface area (Å²) < 4.78 is 38.0. The lowest BCUT2D eigenvalue weighted by Crippen LogP contribution is -2.35. The molecule has 0 aliphatic carbocycles. The van der Waals surface area contributed by atoms with Crippen LogP contribution in [0.2, 0.25) is 0 Å². The number of carbonyl (C=O) groups excluding carboxylic acids is 1. The first-order valence-electron chi connectivity index (χ1n) is 11.1. The molecule has 1 heterocycles. The molecule has 0 atom stereocenters. The molecule has 1 N–H and O–H groups in total. The van der Waals surface area contributed by atoms with E-state index in [1.165, 1.54) is 35.1 Å². The maximum absolute atomic E-state index is 13.8. The Kier molecular flexibility index (Phi) is 8.19. The van der Waals surface area contributed by atoms with Crippen molar-refractivity contribution in [3.05, 3.63) is 101 Å². The lowest BCUT2D eigenvalue weighted by Gasteiger charge is -2.20. The molecule has 0 bridgehead atoms. The second kappa shape index (κ2) is 11.7. The van der Waals surface area contributed by atoms with E-state index in [-0.39, 0.29) is 13.2 Å². The number of aliphatic carboxylic acids is 1. The minimum atomic E-state index is -1.15. The minimum absolute atomic E-state index is 0.00901. The highest BCUT2D eigenvalue weighted by Gasteiger charge is 2.20. The first-order valence-corrected chi connectivity index (χ1v) is 12.3. The summed E-state index contributed by atoms with van der Waals surface area (Å²) in [5.74, 6) is -2.86. The number of carboxylic acids is 1. The van der Waals surface area contributed by atoms with Crippen LogP contribution in [0.3, 0.4) is 0 Å². The highest BCUT2D eigenvalue weighted by Crippen LogP contribution is 2.33. The molecule has 0 aliphatic heterocycles. The van der Waals surface area contributed by atoms with Crippen molar-refractivity contribution in [3.63, 3.8) is 0 Å². The maximum atomic E-state index is 13.8. The van der Waals surface area contributed by atoms with E-state index >= 15 is 0 Å². The van der Waals surface area contributed by atoms with E-state index in [9.17, 15) is 23.5 Å². The zero-order valence-electron chi connectivity index (χ0n) is 19.7. The highest BCUT2D eigenvalue weighted by molar-refractivity contribution is 7.98. The molecule has 0 radical (unpaired) electrons. The van der Waals surface area contributed by atoms with E-state index in [2.05, 4.69) is 5.16 Å². The van der Waals surface area contributed by atoms with Crippen LogP contribution in [0.4, 0.5) is 8.78 Å². The van der Waals surface area contributed by atoms with E-state index < -0.39 is 30.1 Å². The summed E-state index contributed by atoms with van der Waals surface area (Å²) in [5.41, 5.74) is 2.75. The Hall–Kier alpha value is -4.18. The third-order valence-corrected chi connectivity index (χ3v) is 6.22. The van der Waals surface area contributed by atoms with Crippen LogP contribution in [0.15, 0.2) is 82.4 Å². The standard InChI is InChI=1S/C27H22F2N2O5S/c1-37-25-13-24(29)23(28)12-22(25)18-5-7-21(8-6-18)35-16-17-3-2-4-19(11-17)27(34)31(15-26(32)33)14-20-9-10-36-30-20/h2-13H,14-16H2,1H3,(H,32,33). The predicted octanol–water partition coefficient (Wildman–Crippen LogP) is 5.65. The average Bonchev–Trinajstić information content (AvgIpc) is 3.41. The maximum Gasteiger partial charge on any atom is 0.323 e. The van der Waals surface area contributed by atoms with Crippen LogP contribution in [-0.4, -0.2) is 39.8 Å². The number of aromatic nitrogens is 1. The van der Waals surface area contributed by atoms with Crippen molar-refractivity contribution in [1.29, 1.82) is 0 Å².